The molecular weight excluding hydrogens is 140 g/mol. The van der Waals surface area contributed by atoms with Gasteiger partial charge in [0.05, 0.1) is 0 Å². The number of hydrogen-bond donors (Lipinski definition) is 0. The van der Waals surface area contributed by atoms with E-state index in [1.165, 1.54) is 0 Å². The van der Waals surface area contributed by atoms with Gasteiger partial charge in [-0.2, -0.15) is 0 Å². The summed E-state index contributed by atoms with van der Waals surface area (Å²) in [7, 11) is 0. The van der Waals surface area contributed by atoms with Crippen LogP contribution in [0.2, 0.25) is 0 Å². The molecule has 0 amide bonds. The minimum Gasteiger partial charge on any atom is -0.353 e. The van der Waals surface area contributed by atoms with Crippen molar-refractivity contribution in [3.05, 3.63) is 0 Å². The van der Waals surface area contributed by atoms with Crippen LogP contribution in [0, 0.1) is 5.92 Å². The highest BCUT2D eigenvalue weighted by molar-refractivity contribution is 4.54. The van der Waals surface area contributed by atoms with Gasteiger partial charge in [0, 0.05) is 19.6 Å². The number of ether oxygens (including phenoxy) is 2. The van der Waals surface area contributed by atoms with E-state index in [0.717, 1.165) is 32.5 Å². The van der Waals surface area contributed by atoms with Crippen molar-refractivity contribution in [3.8, 4) is 0 Å². The third-order valence-electron chi connectivity index (χ3n) is 1.81. The highest BCUT2D eigenvalue weighted by Crippen LogP contribution is 2.13. The lowest BCUT2D eigenvalue weighted by Gasteiger charge is -2.16. The minimum atomic E-state index is 0.0671. The van der Waals surface area contributed by atoms with Gasteiger partial charge < -0.3 is 9.47 Å². The highest BCUT2D eigenvalue weighted by atomic mass is 16.7. The summed E-state index contributed by atoms with van der Waals surface area (Å²) in [5, 5.41) is 0. The molecule has 1 aliphatic rings. The molecule has 11 heavy (non-hydrogen) atoms. The third-order valence-corrected chi connectivity index (χ3v) is 1.81. The van der Waals surface area contributed by atoms with Crippen LogP contribution < -0.4 is 0 Å². The molecule has 0 bridgehead atoms. The van der Waals surface area contributed by atoms with Gasteiger partial charge in [0.25, 0.3) is 0 Å². The molecule has 0 aromatic rings. The summed E-state index contributed by atoms with van der Waals surface area (Å²) in [4.78, 5) is 0. The fraction of sp³-hybridized carbons (Fsp3) is 1.00. The molecule has 1 rings (SSSR count). The maximum Gasteiger partial charge on any atom is 0.157 e. The van der Waals surface area contributed by atoms with Crippen LogP contribution in [0.15, 0.2) is 0 Å². The topological polar surface area (TPSA) is 18.5 Å². The van der Waals surface area contributed by atoms with Crippen molar-refractivity contribution in [3.63, 3.8) is 0 Å². The Balaban J connectivity index is 2.20. The van der Waals surface area contributed by atoms with E-state index in [-0.39, 0.29) is 6.29 Å². The zero-order chi connectivity index (χ0) is 8.10. The summed E-state index contributed by atoms with van der Waals surface area (Å²) in [6, 6.07) is 0. The van der Waals surface area contributed by atoms with Gasteiger partial charge in [-0.25, -0.2) is 0 Å². The van der Waals surface area contributed by atoms with Crippen LogP contribution in [0.1, 0.15) is 33.1 Å². The Bertz CT molecular complexity index is 93.7. The molecule has 1 fully saturated rings. The maximum absolute atomic E-state index is 5.49. The molecule has 2 nitrogen and oxygen atoms in total. The van der Waals surface area contributed by atoms with Crippen molar-refractivity contribution in [2.24, 2.45) is 5.92 Å². The summed E-state index contributed by atoms with van der Waals surface area (Å²) in [6.45, 7) is 6.13. The van der Waals surface area contributed by atoms with E-state index >= 15 is 0 Å². The molecule has 0 aromatic heterocycles. The molecule has 0 atom stereocenters. The summed E-state index contributed by atoms with van der Waals surface area (Å²) in [5.41, 5.74) is 0. The summed E-state index contributed by atoms with van der Waals surface area (Å²) >= 11 is 0. The second-order valence-corrected chi connectivity index (χ2v) is 3.51. The first-order valence-electron chi connectivity index (χ1n) is 4.52. The number of hydrogen-bond acceptors (Lipinski definition) is 2. The van der Waals surface area contributed by atoms with Crippen LogP contribution in [-0.2, 0) is 9.47 Å². The van der Waals surface area contributed by atoms with E-state index in [1.54, 1.807) is 0 Å². The number of rotatable bonds is 2. The first kappa shape index (κ1) is 9.01. The van der Waals surface area contributed by atoms with E-state index in [1.807, 2.05) is 0 Å². The lowest BCUT2D eigenvalue weighted by atomic mass is 10.1. The fourth-order valence-electron chi connectivity index (χ4n) is 1.20. The minimum absolute atomic E-state index is 0.0671. The summed E-state index contributed by atoms with van der Waals surface area (Å²) < 4.78 is 11.0. The first-order valence-corrected chi connectivity index (χ1v) is 4.52. The normalized spacial score (nSPS) is 22.1. The monoisotopic (exact) mass is 158 g/mol. The summed E-state index contributed by atoms with van der Waals surface area (Å²) in [5.74, 6) is 0.665. The first-order chi connectivity index (χ1) is 5.29. The van der Waals surface area contributed by atoms with Crippen LogP contribution in [0.3, 0.4) is 0 Å². The van der Waals surface area contributed by atoms with Gasteiger partial charge in [-0.3, -0.25) is 0 Å². The van der Waals surface area contributed by atoms with Crippen LogP contribution in [0.5, 0.6) is 0 Å². The molecule has 0 aromatic carbocycles. The third kappa shape index (κ3) is 3.73. The molecule has 0 aliphatic carbocycles. The quantitative estimate of drug-likeness (QED) is 0.613. The SMILES string of the molecule is CC(C)CC1OCCCCO1. The lowest BCUT2D eigenvalue weighted by Crippen LogP contribution is -2.17. The van der Waals surface area contributed by atoms with Crippen LogP contribution in [0.25, 0.3) is 0 Å². The predicted octanol–water partition coefficient (Wildman–Crippen LogP) is 2.19. The van der Waals surface area contributed by atoms with Crippen molar-refractivity contribution in [1.82, 2.24) is 0 Å². The van der Waals surface area contributed by atoms with Gasteiger partial charge in [0.15, 0.2) is 6.29 Å². The van der Waals surface area contributed by atoms with Gasteiger partial charge in [0.1, 0.15) is 0 Å². The van der Waals surface area contributed by atoms with Gasteiger partial charge in [-0.15, -0.1) is 0 Å². The average molecular weight is 158 g/mol. The van der Waals surface area contributed by atoms with Crippen molar-refractivity contribution >= 4 is 0 Å². The Morgan fingerprint density at radius 1 is 1.18 bits per heavy atom. The Labute approximate surface area is 68.9 Å². The van der Waals surface area contributed by atoms with Gasteiger partial charge in [0.2, 0.25) is 0 Å². The zero-order valence-corrected chi connectivity index (χ0v) is 7.51. The molecule has 0 unspecified atom stereocenters. The second kappa shape index (κ2) is 4.73. The molecule has 0 radical (unpaired) electrons. The van der Waals surface area contributed by atoms with Crippen molar-refractivity contribution in [1.29, 1.82) is 0 Å². The molecule has 1 heterocycles. The fourth-order valence-corrected chi connectivity index (χ4v) is 1.20. The van der Waals surface area contributed by atoms with Crippen LogP contribution in [0.4, 0.5) is 0 Å². The zero-order valence-electron chi connectivity index (χ0n) is 7.51. The van der Waals surface area contributed by atoms with E-state index in [0.29, 0.717) is 5.92 Å². The maximum atomic E-state index is 5.49. The van der Waals surface area contributed by atoms with Gasteiger partial charge in [-0.1, -0.05) is 13.8 Å². The molecule has 1 saturated heterocycles. The van der Waals surface area contributed by atoms with Crippen molar-refractivity contribution in [2.45, 2.75) is 39.4 Å². The average Bonchev–Trinajstić information content (AvgIpc) is 2.14. The molecule has 0 N–H and O–H groups in total. The Morgan fingerprint density at radius 3 is 2.18 bits per heavy atom. The smallest absolute Gasteiger partial charge is 0.157 e. The van der Waals surface area contributed by atoms with E-state index in [4.69, 9.17) is 9.47 Å². The molecular formula is C9H18O2. The molecule has 0 spiro atoms. The predicted molar refractivity (Wildman–Crippen MR) is 44.4 cm³/mol. The lowest BCUT2D eigenvalue weighted by molar-refractivity contribution is -0.134. The Morgan fingerprint density at radius 2 is 1.73 bits per heavy atom. The summed E-state index contributed by atoms with van der Waals surface area (Å²) in [6.07, 6.45) is 3.39. The van der Waals surface area contributed by atoms with Crippen LogP contribution in [-0.4, -0.2) is 19.5 Å². The molecule has 66 valence electrons. The largest absolute Gasteiger partial charge is 0.353 e. The van der Waals surface area contributed by atoms with Crippen molar-refractivity contribution < 1.29 is 9.47 Å². The van der Waals surface area contributed by atoms with Gasteiger partial charge in [-0.05, 0) is 18.8 Å². The van der Waals surface area contributed by atoms with Crippen LogP contribution >= 0.6 is 0 Å². The Kier molecular flexibility index (Phi) is 3.87. The standard InChI is InChI=1S/C9H18O2/c1-8(2)7-9-10-5-3-4-6-11-9/h8-9H,3-7H2,1-2H3. The van der Waals surface area contributed by atoms with Gasteiger partial charge >= 0.3 is 0 Å². The Hall–Kier alpha value is -0.0800. The second-order valence-electron chi connectivity index (χ2n) is 3.51. The van der Waals surface area contributed by atoms with E-state index < -0.39 is 0 Å². The molecule has 1 aliphatic heterocycles. The van der Waals surface area contributed by atoms with E-state index in [9.17, 15) is 0 Å². The van der Waals surface area contributed by atoms with Crippen molar-refractivity contribution in [2.75, 3.05) is 13.2 Å². The molecule has 0 saturated carbocycles. The highest BCUT2D eigenvalue weighted by Gasteiger charge is 2.13. The van der Waals surface area contributed by atoms with E-state index in [2.05, 4.69) is 13.8 Å². The molecule has 2 heteroatoms.